The summed E-state index contributed by atoms with van der Waals surface area (Å²) in [5, 5.41) is 0. The second kappa shape index (κ2) is 5.44. The van der Waals surface area contributed by atoms with Gasteiger partial charge in [-0.05, 0) is 36.6 Å². The summed E-state index contributed by atoms with van der Waals surface area (Å²) in [4.78, 5) is 14.0. The van der Waals surface area contributed by atoms with Gasteiger partial charge in [0.05, 0.1) is 6.26 Å². The number of aryl methyl sites for hydroxylation is 1. The van der Waals surface area contributed by atoms with Crippen molar-refractivity contribution < 1.29 is 13.2 Å². The first-order valence-electron chi connectivity index (χ1n) is 6.70. The second-order valence-electron chi connectivity index (χ2n) is 5.47. The van der Waals surface area contributed by atoms with E-state index < -0.39 is 10.0 Å². The topological polar surface area (TPSA) is 66.5 Å². The molecule has 5 nitrogen and oxygen atoms in total. The van der Waals surface area contributed by atoms with Gasteiger partial charge < -0.3 is 4.90 Å². The third kappa shape index (κ3) is 3.30. The van der Waals surface area contributed by atoms with Gasteiger partial charge in [0.1, 0.15) is 0 Å². The summed E-state index contributed by atoms with van der Waals surface area (Å²) in [6.07, 6.45) is 2.88. The molecule has 0 saturated carbocycles. The summed E-state index contributed by atoms with van der Waals surface area (Å²) in [5.41, 5.74) is 2.46. The highest BCUT2D eigenvalue weighted by atomic mass is 32.2. The zero-order chi connectivity index (χ0) is 14.9. The number of fused-ring (bicyclic) bond motifs is 1. The van der Waals surface area contributed by atoms with Crippen LogP contribution in [0.5, 0.6) is 0 Å². The van der Waals surface area contributed by atoms with E-state index in [0.29, 0.717) is 5.69 Å². The van der Waals surface area contributed by atoms with E-state index >= 15 is 0 Å². The van der Waals surface area contributed by atoms with E-state index in [2.05, 4.69) is 4.72 Å². The minimum absolute atomic E-state index is 0.0465. The van der Waals surface area contributed by atoms with E-state index in [0.717, 1.165) is 36.9 Å². The lowest BCUT2D eigenvalue weighted by atomic mass is 9.99. The zero-order valence-corrected chi connectivity index (χ0v) is 12.8. The van der Waals surface area contributed by atoms with Crippen molar-refractivity contribution in [3.05, 3.63) is 23.8 Å². The van der Waals surface area contributed by atoms with Gasteiger partial charge in [-0.2, -0.15) is 0 Å². The van der Waals surface area contributed by atoms with Gasteiger partial charge in [0, 0.05) is 23.8 Å². The Morgan fingerprint density at radius 1 is 1.35 bits per heavy atom. The van der Waals surface area contributed by atoms with Crippen molar-refractivity contribution in [2.75, 3.05) is 22.4 Å². The molecule has 6 heteroatoms. The monoisotopic (exact) mass is 296 g/mol. The van der Waals surface area contributed by atoms with Gasteiger partial charge in [-0.1, -0.05) is 13.8 Å². The van der Waals surface area contributed by atoms with Crippen LogP contribution in [0.15, 0.2) is 18.2 Å². The molecule has 0 unspecified atom stereocenters. The Morgan fingerprint density at radius 2 is 2.05 bits per heavy atom. The first-order valence-corrected chi connectivity index (χ1v) is 8.59. The Balaban J connectivity index is 2.33. The van der Waals surface area contributed by atoms with Crippen LogP contribution in [0.1, 0.15) is 25.8 Å². The van der Waals surface area contributed by atoms with Gasteiger partial charge in [-0.3, -0.25) is 9.52 Å². The number of amides is 1. The molecule has 110 valence electrons. The van der Waals surface area contributed by atoms with Gasteiger partial charge in [0.15, 0.2) is 0 Å². The molecule has 0 fully saturated rings. The number of benzene rings is 1. The normalized spacial score (nSPS) is 15.1. The van der Waals surface area contributed by atoms with E-state index in [-0.39, 0.29) is 11.8 Å². The van der Waals surface area contributed by atoms with E-state index in [1.807, 2.05) is 26.0 Å². The number of hydrogen-bond donors (Lipinski definition) is 1. The molecule has 0 aliphatic carbocycles. The van der Waals surface area contributed by atoms with E-state index in [9.17, 15) is 13.2 Å². The van der Waals surface area contributed by atoms with Crippen molar-refractivity contribution in [3.8, 4) is 0 Å². The summed E-state index contributed by atoms with van der Waals surface area (Å²) in [5.74, 6) is 0.0598. The highest BCUT2D eigenvalue weighted by Gasteiger charge is 2.24. The predicted octanol–water partition coefficient (Wildman–Crippen LogP) is 1.99. The third-order valence-electron chi connectivity index (χ3n) is 3.26. The molecule has 20 heavy (non-hydrogen) atoms. The van der Waals surface area contributed by atoms with Crippen molar-refractivity contribution in [1.29, 1.82) is 0 Å². The Hall–Kier alpha value is -1.56. The Kier molecular flexibility index (Phi) is 4.04. The fraction of sp³-hybridized carbons (Fsp3) is 0.500. The predicted molar refractivity (Wildman–Crippen MR) is 80.4 cm³/mol. The number of carbonyl (C=O) groups excluding carboxylic acids is 1. The van der Waals surface area contributed by atoms with Crippen LogP contribution < -0.4 is 9.62 Å². The molecule has 1 amide bonds. The smallest absolute Gasteiger partial charge is 0.229 e. The van der Waals surface area contributed by atoms with Crippen LogP contribution in [0, 0.1) is 5.92 Å². The largest absolute Gasteiger partial charge is 0.312 e. The van der Waals surface area contributed by atoms with Gasteiger partial charge in [0.2, 0.25) is 15.9 Å². The first kappa shape index (κ1) is 14.8. The fourth-order valence-electron chi connectivity index (χ4n) is 2.42. The fourth-order valence-corrected chi connectivity index (χ4v) is 2.97. The summed E-state index contributed by atoms with van der Waals surface area (Å²) in [6.45, 7) is 4.50. The van der Waals surface area contributed by atoms with E-state index in [1.54, 1.807) is 11.0 Å². The van der Waals surface area contributed by atoms with Gasteiger partial charge in [-0.25, -0.2) is 8.42 Å². The van der Waals surface area contributed by atoms with E-state index in [4.69, 9.17) is 0 Å². The molecule has 1 aliphatic heterocycles. The summed E-state index contributed by atoms with van der Waals surface area (Å²) < 4.78 is 25.0. The van der Waals surface area contributed by atoms with Crippen LogP contribution in [0.2, 0.25) is 0 Å². The number of anilines is 2. The van der Waals surface area contributed by atoms with E-state index in [1.165, 1.54) is 0 Å². The van der Waals surface area contributed by atoms with Crippen molar-refractivity contribution >= 4 is 27.3 Å². The average Bonchev–Trinajstić information content (AvgIpc) is 2.34. The lowest BCUT2D eigenvalue weighted by Crippen LogP contribution is -2.38. The molecular weight excluding hydrogens is 276 g/mol. The van der Waals surface area contributed by atoms with Crippen LogP contribution in [-0.4, -0.2) is 27.1 Å². The first-order chi connectivity index (χ1) is 9.28. The summed E-state index contributed by atoms with van der Waals surface area (Å²) in [7, 11) is -3.28. The highest BCUT2D eigenvalue weighted by Crippen LogP contribution is 2.30. The molecule has 0 saturated heterocycles. The second-order valence-corrected chi connectivity index (χ2v) is 7.21. The minimum atomic E-state index is -3.28. The molecule has 0 spiro atoms. The molecular formula is C14H20N2O3S. The molecule has 1 heterocycles. The minimum Gasteiger partial charge on any atom is -0.312 e. The third-order valence-corrected chi connectivity index (χ3v) is 3.87. The Bertz CT molecular complexity index is 623. The van der Waals surface area contributed by atoms with Gasteiger partial charge in [0.25, 0.3) is 0 Å². The van der Waals surface area contributed by atoms with Crippen LogP contribution in [0.3, 0.4) is 0 Å². The van der Waals surface area contributed by atoms with Crippen molar-refractivity contribution in [1.82, 2.24) is 0 Å². The molecule has 0 radical (unpaired) electrons. The molecule has 1 aromatic carbocycles. The maximum atomic E-state index is 12.2. The summed E-state index contributed by atoms with van der Waals surface area (Å²) in [6, 6.07) is 5.34. The maximum absolute atomic E-state index is 12.2. The molecule has 1 N–H and O–H groups in total. The molecule has 1 aromatic rings. The number of hydrogen-bond acceptors (Lipinski definition) is 3. The standard InChI is InChI=1S/C14H20N2O3S/c1-10(2)14(17)16-8-4-5-11-9-12(6-7-13(11)16)15-20(3,18)19/h6-7,9-10,15H,4-5,8H2,1-3H3. The molecule has 2 rings (SSSR count). The number of sulfonamides is 1. The van der Waals surface area contributed by atoms with Crippen LogP contribution in [0.25, 0.3) is 0 Å². The molecule has 1 aliphatic rings. The summed E-state index contributed by atoms with van der Waals surface area (Å²) >= 11 is 0. The number of nitrogens with zero attached hydrogens (tertiary/aromatic N) is 1. The van der Waals surface area contributed by atoms with Crippen LogP contribution in [0.4, 0.5) is 11.4 Å². The van der Waals surface area contributed by atoms with Crippen molar-refractivity contribution in [2.24, 2.45) is 5.92 Å². The maximum Gasteiger partial charge on any atom is 0.229 e. The average molecular weight is 296 g/mol. The molecule has 0 aromatic heterocycles. The van der Waals surface area contributed by atoms with Crippen LogP contribution in [-0.2, 0) is 21.2 Å². The highest BCUT2D eigenvalue weighted by molar-refractivity contribution is 7.92. The number of carbonyl (C=O) groups is 1. The number of nitrogens with one attached hydrogen (secondary N) is 1. The van der Waals surface area contributed by atoms with Crippen molar-refractivity contribution in [3.63, 3.8) is 0 Å². The Labute approximate surface area is 120 Å². The van der Waals surface area contributed by atoms with Gasteiger partial charge in [-0.15, -0.1) is 0 Å². The Morgan fingerprint density at radius 3 is 2.65 bits per heavy atom. The zero-order valence-electron chi connectivity index (χ0n) is 12.0. The quantitative estimate of drug-likeness (QED) is 0.927. The number of rotatable bonds is 3. The van der Waals surface area contributed by atoms with Crippen molar-refractivity contribution in [2.45, 2.75) is 26.7 Å². The molecule has 0 bridgehead atoms. The van der Waals surface area contributed by atoms with Crippen LogP contribution >= 0.6 is 0 Å². The SMILES string of the molecule is CC(C)C(=O)N1CCCc2cc(NS(C)(=O)=O)ccc21. The molecule has 0 atom stereocenters. The van der Waals surface area contributed by atoms with Gasteiger partial charge >= 0.3 is 0 Å². The lowest BCUT2D eigenvalue weighted by molar-refractivity contribution is -0.121. The lowest BCUT2D eigenvalue weighted by Gasteiger charge is -2.31.